The fraction of sp³-hybridized carbons (Fsp3) is 0.154. The molecular formula is C26H21ClN2O2. The van der Waals surface area contributed by atoms with E-state index in [4.69, 9.17) is 11.6 Å². The van der Waals surface area contributed by atoms with Gasteiger partial charge in [-0.15, -0.1) is 0 Å². The molecule has 1 heterocycles. The van der Waals surface area contributed by atoms with Crippen molar-refractivity contribution in [1.29, 1.82) is 0 Å². The molecule has 0 N–H and O–H groups in total. The van der Waals surface area contributed by atoms with Gasteiger partial charge in [-0.2, -0.15) is 0 Å². The number of amides is 2. The van der Waals surface area contributed by atoms with Crippen LogP contribution in [0.15, 0.2) is 66.7 Å². The van der Waals surface area contributed by atoms with Crippen molar-refractivity contribution >= 4 is 35.6 Å². The van der Waals surface area contributed by atoms with E-state index in [2.05, 4.69) is 29.2 Å². The van der Waals surface area contributed by atoms with Crippen molar-refractivity contribution in [3.05, 3.63) is 105 Å². The number of halogens is 1. The maximum Gasteiger partial charge on any atom is 0.261 e. The lowest BCUT2D eigenvalue weighted by Crippen LogP contribution is -2.38. The zero-order chi connectivity index (χ0) is 21.5. The third-order valence-electron chi connectivity index (χ3n) is 6.07. The first-order chi connectivity index (χ1) is 15.0. The van der Waals surface area contributed by atoms with Crippen molar-refractivity contribution in [2.75, 3.05) is 20.1 Å². The third-order valence-corrected chi connectivity index (χ3v) is 6.31. The number of carbonyl (C=O) groups is 2. The predicted octanol–water partition coefficient (Wildman–Crippen LogP) is 5.14. The average Bonchev–Trinajstić information content (AvgIpc) is 2.92. The Kier molecular flexibility index (Phi) is 4.97. The molecule has 31 heavy (non-hydrogen) atoms. The van der Waals surface area contributed by atoms with E-state index in [-0.39, 0.29) is 17.9 Å². The molecule has 4 nitrogen and oxygen atoms in total. The van der Waals surface area contributed by atoms with E-state index in [0.29, 0.717) is 29.2 Å². The van der Waals surface area contributed by atoms with Gasteiger partial charge in [0, 0.05) is 18.1 Å². The molecular weight excluding hydrogens is 408 g/mol. The standard InChI is InChI=1S/C26H21ClN2O2/c1-28(14-15-29-25(30)21-8-4-5-9-22(21)26(29)31)24-20-7-3-2-6-17(20)10-11-18-12-13-19(27)16-23(18)24/h2-13,16,24H,14-15H2,1H3. The summed E-state index contributed by atoms with van der Waals surface area (Å²) in [6.07, 6.45) is 4.24. The minimum Gasteiger partial charge on any atom is -0.294 e. The second kappa shape index (κ2) is 7.80. The highest BCUT2D eigenvalue weighted by atomic mass is 35.5. The summed E-state index contributed by atoms with van der Waals surface area (Å²) in [4.78, 5) is 29.0. The van der Waals surface area contributed by atoms with Gasteiger partial charge in [-0.3, -0.25) is 19.4 Å². The lowest BCUT2D eigenvalue weighted by atomic mass is 9.93. The lowest BCUT2D eigenvalue weighted by Gasteiger charge is -2.31. The number of hydrogen-bond donors (Lipinski definition) is 0. The molecule has 0 aromatic heterocycles. The first-order valence-electron chi connectivity index (χ1n) is 10.3. The fourth-order valence-corrected chi connectivity index (χ4v) is 4.68. The van der Waals surface area contributed by atoms with E-state index < -0.39 is 0 Å². The summed E-state index contributed by atoms with van der Waals surface area (Å²) >= 11 is 6.36. The summed E-state index contributed by atoms with van der Waals surface area (Å²) in [6, 6.07) is 21.2. The number of imide groups is 1. The van der Waals surface area contributed by atoms with E-state index in [1.165, 1.54) is 10.5 Å². The number of nitrogens with zero attached hydrogens (tertiary/aromatic N) is 2. The van der Waals surface area contributed by atoms with E-state index >= 15 is 0 Å². The first kappa shape index (κ1) is 19.7. The average molecular weight is 429 g/mol. The molecule has 154 valence electrons. The molecule has 2 amide bonds. The van der Waals surface area contributed by atoms with Gasteiger partial charge >= 0.3 is 0 Å². The van der Waals surface area contributed by atoms with Crippen LogP contribution in [-0.2, 0) is 0 Å². The van der Waals surface area contributed by atoms with Crippen LogP contribution in [0.5, 0.6) is 0 Å². The van der Waals surface area contributed by atoms with Crippen LogP contribution in [-0.4, -0.2) is 41.8 Å². The summed E-state index contributed by atoms with van der Waals surface area (Å²) in [5, 5.41) is 0.685. The Hall–Kier alpha value is -3.21. The van der Waals surface area contributed by atoms with Crippen LogP contribution in [0.3, 0.4) is 0 Å². The van der Waals surface area contributed by atoms with Gasteiger partial charge in [0.05, 0.1) is 17.2 Å². The SMILES string of the molecule is CN(CCN1C(=O)c2ccccc2C1=O)C1c2ccccc2C=Cc2ccc(Cl)cc21. The summed E-state index contributed by atoms with van der Waals surface area (Å²) in [6.45, 7) is 0.862. The highest BCUT2D eigenvalue weighted by Gasteiger charge is 2.35. The number of likely N-dealkylation sites (N-methyl/N-ethyl adjacent to an activating group) is 1. The molecule has 5 rings (SSSR count). The first-order valence-corrected chi connectivity index (χ1v) is 10.6. The molecule has 1 atom stereocenters. The second-order valence-electron chi connectivity index (χ2n) is 7.93. The normalized spacial score (nSPS) is 16.9. The van der Waals surface area contributed by atoms with E-state index in [9.17, 15) is 9.59 Å². The summed E-state index contributed by atoms with van der Waals surface area (Å²) in [5.74, 6) is -0.444. The summed E-state index contributed by atoms with van der Waals surface area (Å²) in [5.41, 5.74) is 5.50. The van der Waals surface area contributed by atoms with E-state index in [1.807, 2.05) is 37.4 Å². The minimum absolute atomic E-state index is 0.0462. The van der Waals surface area contributed by atoms with Crippen molar-refractivity contribution in [3.8, 4) is 0 Å². The predicted molar refractivity (Wildman–Crippen MR) is 123 cm³/mol. The molecule has 0 saturated heterocycles. The Labute approximate surface area is 186 Å². The van der Waals surface area contributed by atoms with Crippen LogP contribution < -0.4 is 0 Å². The van der Waals surface area contributed by atoms with E-state index in [1.54, 1.807) is 24.3 Å². The van der Waals surface area contributed by atoms with Crippen molar-refractivity contribution in [1.82, 2.24) is 9.80 Å². The number of rotatable bonds is 4. The fourth-order valence-electron chi connectivity index (χ4n) is 4.50. The van der Waals surface area contributed by atoms with Crippen LogP contribution in [0, 0.1) is 0 Å². The van der Waals surface area contributed by atoms with Crippen LogP contribution in [0.1, 0.15) is 49.0 Å². The largest absolute Gasteiger partial charge is 0.294 e. The van der Waals surface area contributed by atoms with Crippen molar-refractivity contribution < 1.29 is 9.59 Å². The van der Waals surface area contributed by atoms with Crippen LogP contribution in [0.25, 0.3) is 12.2 Å². The maximum atomic E-state index is 12.8. The highest BCUT2D eigenvalue weighted by molar-refractivity contribution is 6.30. The molecule has 0 radical (unpaired) electrons. The molecule has 1 unspecified atom stereocenters. The molecule has 0 spiro atoms. The number of benzene rings is 3. The Morgan fingerprint density at radius 2 is 1.45 bits per heavy atom. The van der Waals surface area contributed by atoms with Gasteiger partial charge in [-0.1, -0.05) is 66.2 Å². The highest BCUT2D eigenvalue weighted by Crippen LogP contribution is 2.37. The number of carbonyl (C=O) groups excluding carboxylic acids is 2. The lowest BCUT2D eigenvalue weighted by molar-refractivity contribution is 0.0636. The quantitative estimate of drug-likeness (QED) is 0.540. The smallest absolute Gasteiger partial charge is 0.261 e. The Bertz CT molecular complexity index is 1200. The molecule has 3 aromatic rings. The summed E-state index contributed by atoms with van der Waals surface area (Å²) in [7, 11) is 2.02. The third kappa shape index (κ3) is 3.38. The van der Waals surface area contributed by atoms with Crippen LogP contribution in [0.4, 0.5) is 0 Å². The van der Waals surface area contributed by atoms with Crippen molar-refractivity contribution in [3.63, 3.8) is 0 Å². The van der Waals surface area contributed by atoms with E-state index in [0.717, 1.165) is 16.7 Å². The Morgan fingerprint density at radius 1 is 0.839 bits per heavy atom. The Morgan fingerprint density at radius 3 is 2.16 bits per heavy atom. The van der Waals surface area contributed by atoms with Crippen molar-refractivity contribution in [2.45, 2.75) is 6.04 Å². The maximum absolute atomic E-state index is 12.8. The van der Waals surface area contributed by atoms with Gasteiger partial charge in [0.1, 0.15) is 0 Å². The second-order valence-corrected chi connectivity index (χ2v) is 8.36. The number of hydrogen-bond acceptors (Lipinski definition) is 3. The molecule has 5 heteroatoms. The zero-order valence-electron chi connectivity index (χ0n) is 17.1. The van der Waals surface area contributed by atoms with Gasteiger partial charge in [-0.25, -0.2) is 0 Å². The molecule has 2 aliphatic rings. The Balaban J connectivity index is 1.45. The van der Waals surface area contributed by atoms with Gasteiger partial charge in [0.2, 0.25) is 0 Å². The molecule has 1 aliphatic carbocycles. The van der Waals surface area contributed by atoms with Gasteiger partial charge in [-0.05, 0) is 53.6 Å². The molecule has 0 saturated carbocycles. The molecule has 0 fully saturated rings. The van der Waals surface area contributed by atoms with Gasteiger partial charge in [0.25, 0.3) is 11.8 Å². The molecule has 0 bridgehead atoms. The van der Waals surface area contributed by atoms with Gasteiger partial charge in [0.15, 0.2) is 0 Å². The van der Waals surface area contributed by atoms with Crippen LogP contribution in [0.2, 0.25) is 5.02 Å². The zero-order valence-corrected chi connectivity index (χ0v) is 17.8. The van der Waals surface area contributed by atoms with Crippen molar-refractivity contribution in [2.24, 2.45) is 0 Å². The monoisotopic (exact) mass is 428 g/mol. The molecule has 1 aliphatic heterocycles. The van der Waals surface area contributed by atoms with Crippen LogP contribution >= 0.6 is 11.6 Å². The van der Waals surface area contributed by atoms with Gasteiger partial charge < -0.3 is 0 Å². The number of fused-ring (bicyclic) bond motifs is 3. The summed E-state index contributed by atoms with van der Waals surface area (Å²) < 4.78 is 0. The topological polar surface area (TPSA) is 40.6 Å². The molecule has 3 aromatic carbocycles. The minimum atomic E-state index is -0.222.